The van der Waals surface area contributed by atoms with Gasteiger partial charge in [0.1, 0.15) is 0 Å². The number of amides is 1. The molecule has 1 amide bonds. The van der Waals surface area contributed by atoms with Crippen LogP contribution in [0, 0.1) is 5.92 Å². The van der Waals surface area contributed by atoms with Crippen molar-refractivity contribution in [2.75, 3.05) is 6.54 Å². The van der Waals surface area contributed by atoms with Crippen LogP contribution in [0.25, 0.3) is 0 Å². The van der Waals surface area contributed by atoms with E-state index >= 15 is 0 Å². The molecule has 3 nitrogen and oxygen atoms in total. The Hall–Kier alpha value is -1.35. The fourth-order valence-electron chi connectivity index (χ4n) is 3.52. The fraction of sp³-hybridized carbons (Fsp3) is 0.588. The lowest BCUT2D eigenvalue weighted by molar-refractivity contribution is -0.124. The van der Waals surface area contributed by atoms with E-state index in [1.165, 1.54) is 24.8 Å². The zero-order chi connectivity index (χ0) is 14.0. The molecule has 2 saturated carbocycles. The number of carbonyl (C=O) groups is 1. The van der Waals surface area contributed by atoms with Crippen molar-refractivity contribution >= 4 is 5.91 Å². The Kier molecular flexibility index (Phi) is 3.79. The number of nitrogens with one attached hydrogen (secondary N) is 1. The molecule has 2 aliphatic carbocycles. The number of carbonyl (C=O) groups excluding carboxylic acids is 1. The minimum atomic E-state index is -0.126. The molecule has 0 spiro atoms. The van der Waals surface area contributed by atoms with Crippen LogP contribution in [0.5, 0.6) is 0 Å². The molecule has 2 fully saturated rings. The molecule has 0 heterocycles. The van der Waals surface area contributed by atoms with Crippen LogP contribution in [0.15, 0.2) is 30.3 Å². The number of rotatable bonds is 4. The molecule has 0 aromatic heterocycles. The van der Waals surface area contributed by atoms with Gasteiger partial charge in [0, 0.05) is 12.5 Å². The number of nitrogens with two attached hydrogens (primary N) is 1. The van der Waals surface area contributed by atoms with E-state index in [0.717, 1.165) is 19.3 Å². The highest BCUT2D eigenvalue weighted by molar-refractivity contribution is 5.83. The van der Waals surface area contributed by atoms with Gasteiger partial charge in [-0.15, -0.1) is 0 Å². The highest BCUT2D eigenvalue weighted by Crippen LogP contribution is 2.47. The van der Waals surface area contributed by atoms with Crippen LogP contribution in [-0.4, -0.2) is 18.0 Å². The van der Waals surface area contributed by atoms with Crippen LogP contribution in [-0.2, 0) is 4.79 Å². The maximum absolute atomic E-state index is 12.5. The van der Waals surface area contributed by atoms with E-state index in [0.29, 0.717) is 12.5 Å². The summed E-state index contributed by atoms with van der Waals surface area (Å²) < 4.78 is 0. The average Bonchev–Trinajstić information content (AvgIpc) is 3.30. The minimum Gasteiger partial charge on any atom is -0.349 e. The van der Waals surface area contributed by atoms with Crippen molar-refractivity contribution in [2.45, 2.75) is 50.0 Å². The first-order valence-corrected chi connectivity index (χ1v) is 7.81. The second-order valence-electron chi connectivity index (χ2n) is 6.39. The van der Waals surface area contributed by atoms with E-state index in [2.05, 4.69) is 17.4 Å². The smallest absolute Gasteiger partial charge is 0.224 e. The van der Waals surface area contributed by atoms with Gasteiger partial charge in [-0.2, -0.15) is 0 Å². The van der Waals surface area contributed by atoms with Crippen molar-refractivity contribution in [3.05, 3.63) is 35.9 Å². The van der Waals surface area contributed by atoms with Gasteiger partial charge in [-0.3, -0.25) is 4.79 Å². The van der Waals surface area contributed by atoms with Crippen LogP contribution in [0.3, 0.4) is 0 Å². The number of benzene rings is 1. The van der Waals surface area contributed by atoms with Gasteiger partial charge in [0.05, 0.1) is 5.54 Å². The first kappa shape index (κ1) is 13.6. The molecule has 2 unspecified atom stereocenters. The van der Waals surface area contributed by atoms with Crippen molar-refractivity contribution in [3.8, 4) is 0 Å². The van der Waals surface area contributed by atoms with Gasteiger partial charge in [-0.1, -0.05) is 49.6 Å². The second kappa shape index (κ2) is 5.57. The SMILES string of the molecule is NCC1(NC(=O)C2CC2c2ccccc2)CCCCC1. The summed E-state index contributed by atoms with van der Waals surface area (Å²) >= 11 is 0. The number of hydrogen-bond donors (Lipinski definition) is 2. The molecule has 1 aromatic carbocycles. The minimum absolute atomic E-state index is 0.126. The molecule has 0 aliphatic heterocycles. The Morgan fingerprint density at radius 2 is 1.90 bits per heavy atom. The Morgan fingerprint density at radius 3 is 2.55 bits per heavy atom. The standard InChI is InChI=1S/C17H24N2O/c18-12-17(9-5-2-6-10-17)19-16(20)15-11-14(15)13-7-3-1-4-8-13/h1,3-4,7-8,14-15H,2,5-6,9-12,18H2,(H,19,20). The molecule has 1 aromatic rings. The Balaban J connectivity index is 1.60. The molecule has 3 N–H and O–H groups in total. The molecule has 2 aliphatic rings. The molecule has 3 rings (SSSR count). The molecule has 108 valence electrons. The van der Waals surface area contributed by atoms with Crippen LogP contribution in [0.4, 0.5) is 0 Å². The summed E-state index contributed by atoms with van der Waals surface area (Å²) in [5, 5.41) is 3.28. The van der Waals surface area contributed by atoms with Gasteiger partial charge in [-0.05, 0) is 30.7 Å². The Morgan fingerprint density at radius 1 is 1.20 bits per heavy atom. The Bertz CT molecular complexity index is 465. The fourth-order valence-corrected chi connectivity index (χ4v) is 3.52. The third kappa shape index (κ3) is 2.73. The van der Waals surface area contributed by atoms with Crippen LogP contribution in [0.1, 0.15) is 50.0 Å². The topological polar surface area (TPSA) is 55.1 Å². The van der Waals surface area contributed by atoms with Crippen molar-refractivity contribution < 1.29 is 4.79 Å². The van der Waals surface area contributed by atoms with E-state index in [9.17, 15) is 4.79 Å². The number of hydrogen-bond acceptors (Lipinski definition) is 2. The van der Waals surface area contributed by atoms with Crippen LogP contribution in [0.2, 0.25) is 0 Å². The quantitative estimate of drug-likeness (QED) is 0.885. The summed E-state index contributed by atoms with van der Waals surface area (Å²) in [6.07, 6.45) is 6.70. The molecule has 3 heteroatoms. The maximum Gasteiger partial charge on any atom is 0.224 e. The van der Waals surface area contributed by atoms with E-state index in [4.69, 9.17) is 5.73 Å². The summed E-state index contributed by atoms with van der Waals surface area (Å²) in [7, 11) is 0. The normalized spacial score (nSPS) is 27.9. The van der Waals surface area contributed by atoms with Gasteiger partial charge in [-0.25, -0.2) is 0 Å². The summed E-state index contributed by atoms with van der Waals surface area (Å²) in [6.45, 7) is 0.571. The van der Waals surface area contributed by atoms with Gasteiger partial charge in [0.2, 0.25) is 5.91 Å². The van der Waals surface area contributed by atoms with Gasteiger partial charge < -0.3 is 11.1 Å². The molecule has 0 bridgehead atoms. The van der Waals surface area contributed by atoms with Crippen molar-refractivity contribution in [2.24, 2.45) is 11.7 Å². The third-order valence-electron chi connectivity index (χ3n) is 4.94. The first-order chi connectivity index (χ1) is 9.74. The van der Waals surface area contributed by atoms with Crippen molar-refractivity contribution in [1.29, 1.82) is 0 Å². The molecule has 0 radical (unpaired) electrons. The van der Waals surface area contributed by atoms with Gasteiger partial charge >= 0.3 is 0 Å². The third-order valence-corrected chi connectivity index (χ3v) is 4.94. The van der Waals surface area contributed by atoms with E-state index in [1.54, 1.807) is 0 Å². The highest BCUT2D eigenvalue weighted by atomic mass is 16.2. The predicted molar refractivity (Wildman–Crippen MR) is 80.3 cm³/mol. The predicted octanol–water partition coefficient (Wildman–Crippen LogP) is 2.57. The zero-order valence-corrected chi connectivity index (χ0v) is 12.0. The van der Waals surface area contributed by atoms with Gasteiger partial charge in [0.15, 0.2) is 0 Å². The van der Waals surface area contributed by atoms with Gasteiger partial charge in [0.25, 0.3) is 0 Å². The van der Waals surface area contributed by atoms with Crippen molar-refractivity contribution in [1.82, 2.24) is 5.32 Å². The molecule has 2 atom stereocenters. The maximum atomic E-state index is 12.5. The molecule has 0 saturated heterocycles. The first-order valence-electron chi connectivity index (χ1n) is 7.81. The summed E-state index contributed by atoms with van der Waals surface area (Å²) in [5.41, 5.74) is 7.10. The lowest BCUT2D eigenvalue weighted by Crippen LogP contribution is -2.55. The summed E-state index contributed by atoms with van der Waals surface area (Å²) in [5.74, 6) is 0.781. The summed E-state index contributed by atoms with van der Waals surface area (Å²) in [6, 6.07) is 10.4. The monoisotopic (exact) mass is 272 g/mol. The Labute approximate surface area is 120 Å². The lowest BCUT2D eigenvalue weighted by atomic mass is 9.81. The molecular weight excluding hydrogens is 248 g/mol. The second-order valence-corrected chi connectivity index (χ2v) is 6.39. The molecule has 20 heavy (non-hydrogen) atoms. The largest absolute Gasteiger partial charge is 0.349 e. The van der Waals surface area contributed by atoms with Crippen LogP contribution >= 0.6 is 0 Å². The highest BCUT2D eigenvalue weighted by Gasteiger charge is 2.46. The van der Waals surface area contributed by atoms with E-state index in [1.807, 2.05) is 18.2 Å². The molecular formula is C17H24N2O. The zero-order valence-electron chi connectivity index (χ0n) is 12.0. The van der Waals surface area contributed by atoms with Crippen LogP contribution < -0.4 is 11.1 Å². The van der Waals surface area contributed by atoms with E-state index < -0.39 is 0 Å². The average molecular weight is 272 g/mol. The lowest BCUT2D eigenvalue weighted by Gasteiger charge is -2.37. The van der Waals surface area contributed by atoms with Crippen molar-refractivity contribution in [3.63, 3.8) is 0 Å². The van der Waals surface area contributed by atoms with E-state index in [-0.39, 0.29) is 17.4 Å². The summed E-state index contributed by atoms with van der Waals surface area (Å²) in [4.78, 5) is 12.5.